The van der Waals surface area contributed by atoms with Crippen molar-refractivity contribution in [2.45, 2.75) is 18.3 Å². The molecular weight excluding hydrogens is 372 g/mol. The Morgan fingerprint density at radius 1 is 1.12 bits per heavy atom. The van der Waals surface area contributed by atoms with Crippen molar-refractivity contribution in [2.75, 3.05) is 5.75 Å². The van der Waals surface area contributed by atoms with E-state index < -0.39 is 5.91 Å². The fraction of sp³-hybridized carbons (Fsp3) is 0.167. The highest BCUT2D eigenvalue weighted by Crippen LogP contribution is 2.21. The molecule has 3 aromatic rings. The van der Waals surface area contributed by atoms with Crippen molar-refractivity contribution in [3.63, 3.8) is 0 Å². The van der Waals surface area contributed by atoms with Gasteiger partial charge in [0.15, 0.2) is 11.0 Å². The maximum absolute atomic E-state index is 11.1. The van der Waals surface area contributed by atoms with Crippen molar-refractivity contribution in [2.24, 2.45) is 5.73 Å². The first kappa shape index (κ1) is 18.3. The highest BCUT2D eigenvalue weighted by Gasteiger charge is 2.14. The van der Waals surface area contributed by atoms with Crippen LogP contribution in [0.5, 0.6) is 5.75 Å². The summed E-state index contributed by atoms with van der Waals surface area (Å²) in [5.41, 5.74) is 6.34. The van der Waals surface area contributed by atoms with Crippen LogP contribution in [0.25, 0.3) is 0 Å². The number of thioether (sulfide) groups is 1. The van der Waals surface area contributed by atoms with Crippen molar-refractivity contribution in [1.82, 2.24) is 14.8 Å². The van der Waals surface area contributed by atoms with Crippen LogP contribution < -0.4 is 10.5 Å². The molecule has 134 valence electrons. The molecular formula is C18H17ClN4O2S. The Morgan fingerprint density at radius 2 is 1.85 bits per heavy atom. The highest BCUT2D eigenvalue weighted by molar-refractivity contribution is 7.99. The van der Waals surface area contributed by atoms with Gasteiger partial charge in [0.05, 0.1) is 12.3 Å². The molecule has 8 heteroatoms. The van der Waals surface area contributed by atoms with E-state index >= 15 is 0 Å². The molecule has 0 saturated heterocycles. The summed E-state index contributed by atoms with van der Waals surface area (Å²) < 4.78 is 7.71. The summed E-state index contributed by atoms with van der Waals surface area (Å²) in [4.78, 5) is 11.1. The molecule has 3 rings (SSSR count). The van der Waals surface area contributed by atoms with E-state index in [4.69, 9.17) is 22.1 Å². The smallest absolute Gasteiger partial charge is 0.227 e. The van der Waals surface area contributed by atoms with E-state index in [0.717, 1.165) is 5.56 Å². The predicted octanol–water partition coefficient (Wildman–Crippen LogP) is 3.14. The molecule has 0 unspecified atom stereocenters. The van der Waals surface area contributed by atoms with Gasteiger partial charge in [-0.05, 0) is 29.8 Å². The first-order valence-electron chi connectivity index (χ1n) is 7.87. The summed E-state index contributed by atoms with van der Waals surface area (Å²) in [7, 11) is 0. The van der Waals surface area contributed by atoms with Gasteiger partial charge in [0.2, 0.25) is 5.91 Å². The molecule has 0 saturated carbocycles. The molecule has 0 aliphatic heterocycles. The molecule has 1 amide bonds. The van der Waals surface area contributed by atoms with Gasteiger partial charge in [0.1, 0.15) is 12.4 Å². The number of amides is 1. The lowest BCUT2D eigenvalue weighted by molar-refractivity contribution is -0.115. The zero-order valence-corrected chi connectivity index (χ0v) is 15.4. The number of carbonyl (C=O) groups is 1. The van der Waals surface area contributed by atoms with Gasteiger partial charge >= 0.3 is 0 Å². The first-order valence-corrected chi connectivity index (χ1v) is 9.23. The van der Waals surface area contributed by atoms with Crippen LogP contribution in [0.1, 0.15) is 11.4 Å². The average molecular weight is 389 g/mol. The Labute approximate surface area is 160 Å². The number of ether oxygens (including phenoxy) is 1. The number of halogens is 1. The summed E-state index contributed by atoms with van der Waals surface area (Å²) >= 11 is 7.15. The number of nitrogens with two attached hydrogens (primary N) is 1. The molecule has 0 aliphatic rings. The van der Waals surface area contributed by atoms with Crippen LogP contribution in [0.2, 0.25) is 5.02 Å². The number of hydrogen-bond acceptors (Lipinski definition) is 5. The standard InChI is InChI=1S/C18H17ClN4O2S/c19-14-6-8-15(9-7-14)25-11-17-21-22-18(26-12-16(20)24)23(17)10-13-4-2-1-3-5-13/h1-9H,10-12H2,(H2,20,24). The molecule has 6 nitrogen and oxygen atoms in total. The zero-order valence-electron chi connectivity index (χ0n) is 13.8. The lowest BCUT2D eigenvalue weighted by Crippen LogP contribution is -2.14. The monoisotopic (exact) mass is 388 g/mol. The lowest BCUT2D eigenvalue weighted by atomic mass is 10.2. The summed E-state index contributed by atoms with van der Waals surface area (Å²) in [5.74, 6) is 1.10. The number of primary amides is 1. The van der Waals surface area contributed by atoms with Crippen LogP contribution in [0.3, 0.4) is 0 Å². The molecule has 0 bridgehead atoms. The third kappa shape index (κ3) is 5.00. The van der Waals surface area contributed by atoms with Gasteiger partial charge in [-0.3, -0.25) is 9.36 Å². The average Bonchev–Trinajstić information content (AvgIpc) is 3.02. The van der Waals surface area contributed by atoms with E-state index in [2.05, 4.69) is 10.2 Å². The topological polar surface area (TPSA) is 83.0 Å². The van der Waals surface area contributed by atoms with Gasteiger partial charge in [0.25, 0.3) is 0 Å². The van der Waals surface area contributed by atoms with Gasteiger partial charge in [-0.15, -0.1) is 10.2 Å². The molecule has 0 aliphatic carbocycles. The summed E-state index contributed by atoms with van der Waals surface area (Å²) in [6.45, 7) is 0.826. The highest BCUT2D eigenvalue weighted by atomic mass is 35.5. The van der Waals surface area contributed by atoms with Crippen LogP contribution in [0.4, 0.5) is 0 Å². The Hall–Kier alpha value is -2.51. The second-order valence-electron chi connectivity index (χ2n) is 5.47. The molecule has 1 heterocycles. The van der Waals surface area contributed by atoms with E-state index in [-0.39, 0.29) is 12.4 Å². The van der Waals surface area contributed by atoms with Gasteiger partial charge in [-0.2, -0.15) is 0 Å². The second-order valence-corrected chi connectivity index (χ2v) is 6.85. The van der Waals surface area contributed by atoms with Crippen LogP contribution in [-0.2, 0) is 17.9 Å². The Kier molecular flexibility index (Phi) is 6.14. The largest absolute Gasteiger partial charge is 0.486 e. The quantitative estimate of drug-likeness (QED) is 0.599. The zero-order chi connectivity index (χ0) is 18.4. The van der Waals surface area contributed by atoms with E-state index in [9.17, 15) is 4.79 Å². The second kappa shape index (κ2) is 8.73. The molecule has 26 heavy (non-hydrogen) atoms. The molecule has 2 N–H and O–H groups in total. The van der Waals surface area contributed by atoms with Crippen molar-refractivity contribution in [1.29, 1.82) is 0 Å². The van der Waals surface area contributed by atoms with Crippen molar-refractivity contribution < 1.29 is 9.53 Å². The summed E-state index contributed by atoms with van der Waals surface area (Å²) in [6, 6.07) is 17.1. The molecule has 0 atom stereocenters. The number of nitrogens with zero attached hydrogens (tertiary/aromatic N) is 3. The third-order valence-corrected chi connectivity index (χ3v) is 4.74. The Bertz CT molecular complexity index is 869. The Balaban J connectivity index is 1.78. The minimum Gasteiger partial charge on any atom is -0.486 e. The van der Waals surface area contributed by atoms with E-state index in [0.29, 0.717) is 28.3 Å². The van der Waals surface area contributed by atoms with Crippen molar-refractivity contribution in [3.8, 4) is 5.75 Å². The molecule has 2 aromatic carbocycles. The predicted molar refractivity (Wildman–Crippen MR) is 101 cm³/mol. The number of aromatic nitrogens is 3. The number of benzene rings is 2. The van der Waals surface area contributed by atoms with Gasteiger partial charge in [-0.1, -0.05) is 53.7 Å². The first-order chi connectivity index (χ1) is 12.6. The SMILES string of the molecule is NC(=O)CSc1nnc(COc2ccc(Cl)cc2)n1Cc1ccccc1. The number of rotatable bonds is 8. The van der Waals surface area contributed by atoms with E-state index in [1.807, 2.05) is 34.9 Å². The van der Waals surface area contributed by atoms with Crippen LogP contribution in [0.15, 0.2) is 59.8 Å². The summed E-state index contributed by atoms with van der Waals surface area (Å²) in [5, 5.41) is 9.66. The van der Waals surface area contributed by atoms with Crippen LogP contribution in [0, 0.1) is 0 Å². The number of carbonyl (C=O) groups excluding carboxylic acids is 1. The molecule has 0 radical (unpaired) electrons. The van der Waals surface area contributed by atoms with Crippen molar-refractivity contribution >= 4 is 29.3 Å². The lowest BCUT2D eigenvalue weighted by Gasteiger charge is -2.11. The normalized spacial score (nSPS) is 10.7. The van der Waals surface area contributed by atoms with Gasteiger partial charge in [0, 0.05) is 5.02 Å². The van der Waals surface area contributed by atoms with Gasteiger partial charge in [-0.25, -0.2) is 0 Å². The minimum absolute atomic E-state index is 0.144. The summed E-state index contributed by atoms with van der Waals surface area (Å²) in [6.07, 6.45) is 0. The minimum atomic E-state index is -0.400. The number of hydrogen-bond donors (Lipinski definition) is 1. The van der Waals surface area contributed by atoms with E-state index in [1.165, 1.54) is 11.8 Å². The van der Waals surface area contributed by atoms with Crippen molar-refractivity contribution in [3.05, 3.63) is 71.0 Å². The van der Waals surface area contributed by atoms with E-state index in [1.54, 1.807) is 24.3 Å². The third-order valence-electron chi connectivity index (χ3n) is 3.50. The molecule has 0 spiro atoms. The fourth-order valence-electron chi connectivity index (χ4n) is 2.27. The van der Waals surface area contributed by atoms with Crippen LogP contribution >= 0.6 is 23.4 Å². The van der Waals surface area contributed by atoms with Gasteiger partial charge < -0.3 is 10.5 Å². The fourth-order valence-corrected chi connectivity index (χ4v) is 3.09. The maximum atomic E-state index is 11.1. The molecule has 0 fully saturated rings. The Morgan fingerprint density at radius 3 is 2.54 bits per heavy atom. The molecule has 1 aromatic heterocycles. The maximum Gasteiger partial charge on any atom is 0.227 e. The van der Waals surface area contributed by atoms with Crippen LogP contribution in [-0.4, -0.2) is 26.4 Å².